The van der Waals surface area contributed by atoms with Crippen LogP contribution in [-0.4, -0.2) is 97.0 Å². The Morgan fingerprint density at radius 1 is 1.07 bits per heavy atom. The van der Waals surface area contributed by atoms with E-state index in [1.54, 1.807) is 0 Å². The first kappa shape index (κ1) is 22.3. The van der Waals surface area contributed by atoms with Gasteiger partial charge in [-0.15, -0.1) is 0 Å². The highest BCUT2D eigenvalue weighted by atomic mass is 16.5. The van der Waals surface area contributed by atoms with Crippen LogP contribution in [0.1, 0.15) is 11.1 Å². The average Bonchev–Trinajstić information content (AvgIpc) is 2.62. The van der Waals surface area contributed by atoms with Crippen molar-refractivity contribution in [3.05, 3.63) is 35.4 Å². The van der Waals surface area contributed by atoms with Crippen molar-refractivity contribution in [1.29, 1.82) is 0 Å². The van der Waals surface area contributed by atoms with Crippen molar-refractivity contribution in [1.82, 2.24) is 15.1 Å². The lowest BCUT2D eigenvalue weighted by Gasteiger charge is -2.32. The molecule has 0 bridgehead atoms. The zero-order valence-electron chi connectivity index (χ0n) is 16.5. The van der Waals surface area contributed by atoms with Crippen LogP contribution in [0.4, 0.5) is 0 Å². The third-order valence-electron chi connectivity index (χ3n) is 4.87. The summed E-state index contributed by atoms with van der Waals surface area (Å²) < 4.78 is 5.65. The van der Waals surface area contributed by atoms with Crippen LogP contribution in [0, 0.1) is 6.92 Å². The monoisotopic (exact) mass is 393 g/mol. The van der Waals surface area contributed by atoms with E-state index >= 15 is 0 Å². The number of aliphatic carboxylic acids is 2. The molecule has 0 amide bonds. The minimum Gasteiger partial charge on any atom is -0.480 e. The Hall–Kier alpha value is -2.00. The van der Waals surface area contributed by atoms with E-state index in [-0.39, 0.29) is 19.1 Å². The van der Waals surface area contributed by atoms with Crippen LogP contribution in [0.5, 0.6) is 0 Å². The second-order valence-electron chi connectivity index (χ2n) is 7.19. The maximum Gasteiger partial charge on any atom is 0.317 e. The molecule has 8 heteroatoms. The SMILES string of the molecule is Cc1ccc(CC2CNCCN(CC(=O)O)CCOCCN2CC(=O)O)cc1. The van der Waals surface area contributed by atoms with Crippen LogP contribution in [0.3, 0.4) is 0 Å². The molecule has 0 aromatic heterocycles. The van der Waals surface area contributed by atoms with Crippen LogP contribution in [0.2, 0.25) is 0 Å². The highest BCUT2D eigenvalue weighted by Crippen LogP contribution is 2.11. The largest absolute Gasteiger partial charge is 0.480 e. The summed E-state index contributed by atoms with van der Waals surface area (Å²) >= 11 is 0. The number of rotatable bonds is 6. The topological polar surface area (TPSA) is 102 Å². The van der Waals surface area contributed by atoms with Crippen LogP contribution in [0.15, 0.2) is 24.3 Å². The van der Waals surface area contributed by atoms with Gasteiger partial charge in [0.2, 0.25) is 0 Å². The van der Waals surface area contributed by atoms with E-state index < -0.39 is 11.9 Å². The highest BCUT2D eigenvalue weighted by Gasteiger charge is 2.22. The van der Waals surface area contributed by atoms with Gasteiger partial charge < -0.3 is 20.3 Å². The number of nitrogens with one attached hydrogen (secondary N) is 1. The molecule has 1 aliphatic heterocycles. The number of ether oxygens (including phenoxy) is 1. The molecule has 1 heterocycles. The van der Waals surface area contributed by atoms with Crippen LogP contribution >= 0.6 is 0 Å². The molecular formula is C20H31N3O5. The maximum absolute atomic E-state index is 11.4. The maximum atomic E-state index is 11.4. The quantitative estimate of drug-likeness (QED) is 0.634. The Morgan fingerprint density at radius 2 is 1.75 bits per heavy atom. The summed E-state index contributed by atoms with van der Waals surface area (Å²) in [5.74, 6) is -1.70. The molecule has 1 unspecified atom stereocenters. The zero-order chi connectivity index (χ0) is 20.4. The fraction of sp³-hybridized carbons (Fsp3) is 0.600. The molecule has 1 fully saturated rings. The molecule has 28 heavy (non-hydrogen) atoms. The summed E-state index contributed by atoms with van der Waals surface area (Å²) in [6.07, 6.45) is 0.736. The van der Waals surface area contributed by atoms with Crippen molar-refractivity contribution in [2.24, 2.45) is 0 Å². The molecule has 2 rings (SSSR count). The fourth-order valence-electron chi connectivity index (χ4n) is 3.34. The van der Waals surface area contributed by atoms with E-state index in [0.717, 1.165) is 12.0 Å². The predicted octanol–water partition coefficient (Wildman–Crippen LogP) is 0.299. The van der Waals surface area contributed by atoms with Crippen LogP contribution in [-0.2, 0) is 20.7 Å². The van der Waals surface area contributed by atoms with Crippen LogP contribution < -0.4 is 5.32 Å². The van der Waals surface area contributed by atoms with Gasteiger partial charge in [-0.25, -0.2) is 0 Å². The molecule has 0 spiro atoms. The molecule has 1 aromatic rings. The Bertz CT molecular complexity index is 623. The average molecular weight is 393 g/mol. The Kier molecular flexibility index (Phi) is 9.36. The van der Waals surface area contributed by atoms with Gasteiger partial charge in [-0.3, -0.25) is 19.4 Å². The molecule has 8 nitrogen and oxygen atoms in total. The van der Waals surface area contributed by atoms with E-state index in [0.29, 0.717) is 45.9 Å². The minimum atomic E-state index is -0.853. The molecule has 1 atom stereocenters. The van der Waals surface area contributed by atoms with E-state index in [1.165, 1.54) is 5.56 Å². The first-order valence-electron chi connectivity index (χ1n) is 9.68. The second-order valence-corrected chi connectivity index (χ2v) is 7.19. The molecule has 0 saturated carbocycles. The van der Waals surface area contributed by atoms with Crippen molar-refractivity contribution < 1.29 is 24.5 Å². The van der Waals surface area contributed by atoms with E-state index in [2.05, 4.69) is 29.6 Å². The number of hydrogen-bond donors (Lipinski definition) is 3. The van der Waals surface area contributed by atoms with Crippen LogP contribution in [0.25, 0.3) is 0 Å². The van der Waals surface area contributed by atoms with Crippen molar-refractivity contribution in [2.45, 2.75) is 19.4 Å². The summed E-state index contributed by atoms with van der Waals surface area (Å²) in [6.45, 7) is 5.76. The normalized spacial score (nSPS) is 20.8. The molecule has 1 aromatic carbocycles. The first-order valence-corrected chi connectivity index (χ1v) is 9.68. The molecule has 3 N–H and O–H groups in total. The number of aryl methyl sites for hydroxylation is 1. The lowest BCUT2D eigenvalue weighted by molar-refractivity contribution is -0.139. The summed E-state index contributed by atoms with van der Waals surface area (Å²) in [5.41, 5.74) is 2.35. The second kappa shape index (κ2) is 11.8. The number of carboxylic acids is 2. The predicted molar refractivity (Wildman–Crippen MR) is 106 cm³/mol. The first-order chi connectivity index (χ1) is 13.4. The van der Waals surface area contributed by atoms with Gasteiger partial charge in [-0.05, 0) is 18.9 Å². The van der Waals surface area contributed by atoms with Gasteiger partial charge >= 0.3 is 11.9 Å². The summed E-state index contributed by atoms with van der Waals surface area (Å²) in [6, 6.07) is 8.29. The molecule has 0 aliphatic carbocycles. The van der Waals surface area contributed by atoms with Crippen molar-refractivity contribution in [3.63, 3.8) is 0 Å². The van der Waals surface area contributed by atoms with Crippen molar-refractivity contribution in [3.8, 4) is 0 Å². The number of nitrogens with zero attached hydrogens (tertiary/aromatic N) is 2. The lowest BCUT2D eigenvalue weighted by Crippen LogP contribution is -2.49. The lowest BCUT2D eigenvalue weighted by atomic mass is 10.0. The molecule has 1 saturated heterocycles. The molecule has 1 aliphatic rings. The van der Waals surface area contributed by atoms with Gasteiger partial charge in [0.15, 0.2) is 0 Å². The number of benzene rings is 1. The Labute approximate surface area is 166 Å². The third kappa shape index (κ3) is 8.35. The smallest absolute Gasteiger partial charge is 0.317 e. The third-order valence-corrected chi connectivity index (χ3v) is 4.87. The van der Waals surface area contributed by atoms with Gasteiger partial charge in [-0.1, -0.05) is 29.8 Å². The van der Waals surface area contributed by atoms with Gasteiger partial charge in [0, 0.05) is 38.8 Å². The number of hydrogen-bond acceptors (Lipinski definition) is 6. The van der Waals surface area contributed by atoms with Gasteiger partial charge in [-0.2, -0.15) is 0 Å². The van der Waals surface area contributed by atoms with Gasteiger partial charge in [0.05, 0.1) is 26.3 Å². The Balaban J connectivity index is 2.05. The fourth-order valence-corrected chi connectivity index (χ4v) is 3.34. The van der Waals surface area contributed by atoms with Crippen molar-refractivity contribution >= 4 is 11.9 Å². The van der Waals surface area contributed by atoms with E-state index in [4.69, 9.17) is 9.84 Å². The molecule has 0 radical (unpaired) electrons. The summed E-state index contributed by atoms with van der Waals surface area (Å²) in [5, 5.41) is 21.7. The number of carboxylic acid groups (broad SMARTS) is 2. The molecular weight excluding hydrogens is 362 g/mol. The summed E-state index contributed by atoms with van der Waals surface area (Å²) in [4.78, 5) is 26.2. The molecule has 156 valence electrons. The van der Waals surface area contributed by atoms with Gasteiger partial charge in [0.25, 0.3) is 0 Å². The Morgan fingerprint density at radius 3 is 2.43 bits per heavy atom. The van der Waals surface area contributed by atoms with E-state index in [1.807, 2.05) is 16.7 Å². The minimum absolute atomic E-state index is 0.00903. The summed E-state index contributed by atoms with van der Waals surface area (Å²) in [7, 11) is 0. The zero-order valence-corrected chi connectivity index (χ0v) is 16.5. The highest BCUT2D eigenvalue weighted by molar-refractivity contribution is 5.69. The number of carbonyl (C=O) groups is 2. The standard InChI is InChI=1S/C20H31N3O5/c1-16-2-4-17(5-3-16)12-18-13-21-6-7-22(14-19(24)25)8-10-28-11-9-23(18)15-20(26)27/h2-5,18,21H,6-15H2,1H3,(H,24,25)(H,26,27). The van der Waals surface area contributed by atoms with Gasteiger partial charge in [0.1, 0.15) is 0 Å². The van der Waals surface area contributed by atoms with E-state index in [9.17, 15) is 14.7 Å². The van der Waals surface area contributed by atoms with Crippen molar-refractivity contribution in [2.75, 3.05) is 59.0 Å².